The zero-order valence-electron chi connectivity index (χ0n) is 26.1. The zero-order valence-corrected chi connectivity index (χ0v) is 26.9. The highest BCUT2D eigenvalue weighted by Crippen LogP contribution is 2.35. The molecule has 230 valence electrons. The van der Waals surface area contributed by atoms with Gasteiger partial charge in [-0.15, -0.1) is 0 Å². The average Bonchev–Trinajstić information content (AvgIpc) is 2.95. The van der Waals surface area contributed by atoms with Gasteiger partial charge in [0.25, 0.3) is 0 Å². The maximum absolute atomic E-state index is 14.3. The number of rotatable bonds is 10. The molecule has 1 N–H and O–H groups in total. The molecule has 1 heterocycles. The van der Waals surface area contributed by atoms with E-state index in [1.807, 2.05) is 45.9 Å². The molecule has 0 bridgehead atoms. The number of carbonyl (C=O) groups excluding carboxylic acids is 2. The molecule has 1 atom stereocenters. The highest BCUT2D eigenvalue weighted by atomic mass is 32.2. The minimum Gasteiger partial charge on any atom is -0.450 e. The van der Waals surface area contributed by atoms with Crippen LogP contribution in [0.4, 0.5) is 4.79 Å². The van der Waals surface area contributed by atoms with Gasteiger partial charge in [0.15, 0.2) is 0 Å². The monoisotopic (exact) mass is 598 g/mol. The number of allylic oxidation sites excluding steroid dienone is 3. The van der Waals surface area contributed by atoms with Gasteiger partial charge in [-0.1, -0.05) is 59.8 Å². The van der Waals surface area contributed by atoms with E-state index in [2.05, 4.69) is 24.6 Å². The van der Waals surface area contributed by atoms with Gasteiger partial charge in [0, 0.05) is 31.8 Å². The van der Waals surface area contributed by atoms with Crippen molar-refractivity contribution in [2.24, 2.45) is 0 Å². The topological polar surface area (TPSA) is 120 Å². The molecule has 3 rings (SSSR count). The molecule has 0 saturated carbocycles. The smallest absolute Gasteiger partial charge is 0.409 e. The summed E-state index contributed by atoms with van der Waals surface area (Å²) < 4.78 is 36.5. The molecular formula is C32H46N4O5S. The summed E-state index contributed by atoms with van der Waals surface area (Å²) in [5.74, 6) is -0.233. The molecule has 1 saturated heterocycles. The van der Waals surface area contributed by atoms with Crippen LogP contribution in [0.25, 0.3) is 0 Å². The molecule has 9 nitrogen and oxygen atoms in total. The Morgan fingerprint density at radius 2 is 1.55 bits per heavy atom. The second-order valence-electron chi connectivity index (χ2n) is 12.0. The first-order valence-corrected chi connectivity index (χ1v) is 16.5. The molecule has 42 heavy (non-hydrogen) atoms. The number of nitriles is 1. The Labute approximate surface area is 251 Å². The van der Waals surface area contributed by atoms with Crippen LogP contribution in [0, 0.1) is 11.3 Å². The number of ether oxygens (including phenoxy) is 1. The first-order valence-electron chi connectivity index (χ1n) is 15.0. The lowest BCUT2D eigenvalue weighted by atomic mass is 9.89. The Bertz CT molecular complexity index is 1330. The number of carbonyl (C=O) groups is 2. The molecule has 2 aliphatic rings. The van der Waals surface area contributed by atoms with Crippen LogP contribution in [0.15, 0.2) is 40.3 Å². The second kappa shape index (κ2) is 14.3. The summed E-state index contributed by atoms with van der Waals surface area (Å²) in [4.78, 5) is 29.6. The van der Waals surface area contributed by atoms with Gasteiger partial charge in [-0.05, 0) is 72.3 Å². The molecule has 1 aliphatic carbocycles. The minimum absolute atomic E-state index is 0.0555. The van der Waals surface area contributed by atoms with Crippen molar-refractivity contribution in [2.45, 2.75) is 96.4 Å². The van der Waals surface area contributed by atoms with Crippen molar-refractivity contribution in [3.05, 3.63) is 52.1 Å². The third-order valence-electron chi connectivity index (χ3n) is 7.82. The number of hydrogen-bond donors (Lipinski definition) is 1. The van der Waals surface area contributed by atoms with E-state index in [0.29, 0.717) is 31.5 Å². The van der Waals surface area contributed by atoms with Crippen molar-refractivity contribution in [1.82, 2.24) is 14.5 Å². The van der Waals surface area contributed by atoms with Crippen molar-refractivity contribution in [2.75, 3.05) is 32.8 Å². The van der Waals surface area contributed by atoms with Crippen LogP contribution in [0.1, 0.15) is 102 Å². The van der Waals surface area contributed by atoms with E-state index in [4.69, 9.17) is 4.74 Å². The molecular weight excluding hydrogens is 552 g/mol. The number of amides is 2. The minimum atomic E-state index is -4.13. The Morgan fingerprint density at radius 1 is 0.976 bits per heavy atom. The fourth-order valence-corrected chi connectivity index (χ4v) is 7.29. The summed E-state index contributed by atoms with van der Waals surface area (Å²) in [5.41, 5.74) is 3.91. The van der Waals surface area contributed by atoms with E-state index < -0.39 is 22.2 Å². The van der Waals surface area contributed by atoms with E-state index in [1.54, 1.807) is 22.8 Å². The van der Waals surface area contributed by atoms with Gasteiger partial charge in [-0.3, -0.25) is 4.79 Å². The lowest BCUT2D eigenvalue weighted by molar-refractivity contribution is -0.134. The average molecular weight is 599 g/mol. The van der Waals surface area contributed by atoms with Crippen molar-refractivity contribution >= 4 is 22.0 Å². The molecule has 0 unspecified atom stereocenters. The zero-order chi connectivity index (χ0) is 31.2. The summed E-state index contributed by atoms with van der Waals surface area (Å²) in [6.07, 6.45) is 4.71. The molecule has 0 spiro atoms. The fraction of sp³-hybridized carbons (Fsp3) is 0.594. The highest BCUT2D eigenvalue weighted by Gasteiger charge is 2.35. The number of sulfonamides is 1. The van der Waals surface area contributed by atoms with Gasteiger partial charge >= 0.3 is 6.09 Å². The van der Waals surface area contributed by atoms with E-state index in [0.717, 1.165) is 22.3 Å². The normalized spacial score (nSPS) is 16.8. The molecule has 0 aromatic heterocycles. The molecule has 1 aromatic rings. The molecule has 10 heteroatoms. The molecule has 1 aliphatic heterocycles. The molecule has 0 radical (unpaired) electrons. The summed E-state index contributed by atoms with van der Waals surface area (Å²) in [7, 11) is -4.13. The number of nitrogens with one attached hydrogen (secondary N) is 1. The maximum Gasteiger partial charge on any atom is 0.409 e. The SMILES string of the molecule is CCOC(=O)N1CCN(C(=O)[C@H](CC2=CCCC(C#N)=C2)NS(=O)(=O)c2c(C(C)C)cc(C(C)C)cc2C(C)C)CC1. The van der Waals surface area contributed by atoms with Crippen molar-refractivity contribution in [3.63, 3.8) is 0 Å². The highest BCUT2D eigenvalue weighted by molar-refractivity contribution is 7.89. The van der Waals surface area contributed by atoms with Crippen molar-refractivity contribution < 1.29 is 22.7 Å². The van der Waals surface area contributed by atoms with E-state index >= 15 is 0 Å². The van der Waals surface area contributed by atoms with Crippen LogP contribution in [0.5, 0.6) is 0 Å². The molecule has 2 amide bonds. The van der Waals surface area contributed by atoms with E-state index in [1.165, 1.54) is 0 Å². The second-order valence-corrected chi connectivity index (χ2v) is 13.6. The van der Waals surface area contributed by atoms with Gasteiger partial charge in [0.05, 0.1) is 17.6 Å². The van der Waals surface area contributed by atoms with Crippen LogP contribution in [0.2, 0.25) is 0 Å². The van der Waals surface area contributed by atoms with Gasteiger partial charge in [-0.2, -0.15) is 9.98 Å². The predicted octanol–water partition coefficient (Wildman–Crippen LogP) is 5.56. The third kappa shape index (κ3) is 8.01. The summed E-state index contributed by atoms with van der Waals surface area (Å²) in [5, 5.41) is 9.45. The summed E-state index contributed by atoms with van der Waals surface area (Å²) >= 11 is 0. The standard InChI is InChI=1S/C32H46N4O5S/c1-8-41-32(38)36-14-12-35(13-15-36)31(37)29(17-24-10-9-11-25(16-24)20-33)34-42(39,40)30-27(22(4)5)18-26(21(2)3)19-28(30)23(6)7/h10,16,18-19,21-23,29,34H,8-9,11-15,17H2,1-7H3/t29-/m0/s1. The van der Waals surface area contributed by atoms with Crippen LogP contribution in [-0.2, 0) is 19.6 Å². The number of benzene rings is 1. The van der Waals surface area contributed by atoms with E-state index in [-0.39, 0.29) is 54.7 Å². The number of piperazine rings is 1. The molecule has 1 fully saturated rings. The van der Waals surface area contributed by atoms with Crippen LogP contribution in [0.3, 0.4) is 0 Å². The summed E-state index contributed by atoms with van der Waals surface area (Å²) in [6, 6.07) is 5.07. The van der Waals surface area contributed by atoms with Crippen molar-refractivity contribution in [1.29, 1.82) is 5.26 Å². The quantitative estimate of drug-likeness (QED) is 0.376. The maximum atomic E-state index is 14.3. The fourth-order valence-electron chi connectivity index (χ4n) is 5.40. The third-order valence-corrected chi connectivity index (χ3v) is 9.43. The van der Waals surface area contributed by atoms with Gasteiger partial charge in [-0.25, -0.2) is 13.2 Å². The van der Waals surface area contributed by atoms with Crippen LogP contribution < -0.4 is 4.72 Å². The van der Waals surface area contributed by atoms with Crippen LogP contribution >= 0.6 is 0 Å². The first-order chi connectivity index (χ1) is 19.8. The van der Waals surface area contributed by atoms with Crippen molar-refractivity contribution in [3.8, 4) is 6.07 Å². The van der Waals surface area contributed by atoms with E-state index in [9.17, 15) is 23.3 Å². The first kappa shape index (κ1) is 33.3. The van der Waals surface area contributed by atoms with Gasteiger partial charge in [0.2, 0.25) is 15.9 Å². The number of hydrogen-bond acceptors (Lipinski definition) is 6. The largest absolute Gasteiger partial charge is 0.450 e. The van der Waals surface area contributed by atoms with Crippen LogP contribution in [-0.4, -0.2) is 69.0 Å². The lowest BCUT2D eigenvalue weighted by Crippen LogP contribution is -2.56. The lowest BCUT2D eigenvalue weighted by Gasteiger charge is -2.36. The van der Waals surface area contributed by atoms with Gasteiger partial charge in [0.1, 0.15) is 6.04 Å². The predicted molar refractivity (Wildman–Crippen MR) is 164 cm³/mol. The summed E-state index contributed by atoms with van der Waals surface area (Å²) in [6.45, 7) is 15.3. The number of nitrogens with zero attached hydrogens (tertiary/aromatic N) is 3. The Hall–Kier alpha value is -3.16. The Kier molecular flexibility index (Phi) is 11.4. The Morgan fingerprint density at radius 3 is 2.05 bits per heavy atom. The molecule has 1 aromatic carbocycles. The Balaban J connectivity index is 2.01. The van der Waals surface area contributed by atoms with Gasteiger partial charge < -0.3 is 14.5 Å².